The zero-order valence-electron chi connectivity index (χ0n) is 12.9. The number of thioether (sulfide) groups is 1. The van der Waals surface area contributed by atoms with Gasteiger partial charge in [-0.3, -0.25) is 9.59 Å². The van der Waals surface area contributed by atoms with Crippen molar-refractivity contribution in [3.8, 4) is 0 Å². The predicted octanol–water partition coefficient (Wildman–Crippen LogP) is 0.723. The van der Waals surface area contributed by atoms with Crippen molar-refractivity contribution < 1.29 is 23.6 Å². The number of esters is 1. The number of amides is 2. The molecule has 1 heterocycles. The van der Waals surface area contributed by atoms with Gasteiger partial charge in [-0.05, 0) is 20.8 Å². The Morgan fingerprint density at radius 1 is 1.32 bits per heavy atom. The number of carbonyl (C=O) groups is 3. The number of aromatic nitrogens is 1. The van der Waals surface area contributed by atoms with Gasteiger partial charge in [0.15, 0.2) is 5.82 Å². The molecule has 22 heavy (non-hydrogen) atoms. The van der Waals surface area contributed by atoms with E-state index in [0.29, 0.717) is 11.6 Å². The van der Waals surface area contributed by atoms with Gasteiger partial charge in [0.25, 0.3) is 0 Å². The summed E-state index contributed by atoms with van der Waals surface area (Å²) < 4.78 is 9.40. The summed E-state index contributed by atoms with van der Waals surface area (Å²) in [4.78, 5) is 34.8. The molecular formula is C13H19N3O5S. The number of hydrogen-bond acceptors (Lipinski definition) is 7. The van der Waals surface area contributed by atoms with Crippen molar-refractivity contribution in [1.29, 1.82) is 0 Å². The first-order valence-corrected chi connectivity index (χ1v) is 7.60. The number of nitrogens with zero attached hydrogens (tertiary/aromatic N) is 1. The molecule has 0 atom stereocenters. The van der Waals surface area contributed by atoms with Gasteiger partial charge in [0.2, 0.25) is 11.8 Å². The Balaban J connectivity index is 2.30. The van der Waals surface area contributed by atoms with Crippen LogP contribution in [0.25, 0.3) is 0 Å². The van der Waals surface area contributed by atoms with Gasteiger partial charge in [-0.25, -0.2) is 4.79 Å². The first-order valence-electron chi connectivity index (χ1n) is 6.45. The van der Waals surface area contributed by atoms with E-state index in [9.17, 15) is 14.4 Å². The third-order valence-corrected chi connectivity index (χ3v) is 3.44. The van der Waals surface area contributed by atoms with Crippen LogP contribution >= 0.6 is 11.8 Å². The number of hydrogen-bond donors (Lipinski definition) is 2. The molecule has 0 saturated heterocycles. The maximum absolute atomic E-state index is 11.7. The van der Waals surface area contributed by atoms with Crippen LogP contribution in [0.15, 0.2) is 10.6 Å². The molecule has 9 heteroatoms. The van der Waals surface area contributed by atoms with Crippen molar-refractivity contribution in [3.05, 3.63) is 11.8 Å². The van der Waals surface area contributed by atoms with E-state index >= 15 is 0 Å². The summed E-state index contributed by atoms with van der Waals surface area (Å²) in [5.41, 5.74) is -1.10. The lowest BCUT2D eigenvalue weighted by Crippen LogP contribution is -2.51. The number of aryl methyl sites for hydroxylation is 1. The molecule has 0 spiro atoms. The van der Waals surface area contributed by atoms with E-state index in [1.807, 2.05) is 0 Å². The smallest absolute Gasteiger partial charge is 0.330 e. The van der Waals surface area contributed by atoms with Gasteiger partial charge >= 0.3 is 5.97 Å². The van der Waals surface area contributed by atoms with Crippen molar-refractivity contribution in [3.63, 3.8) is 0 Å². The Bertz CT molecular complexity index is 556. The number of rotatable bonds is 7. The Morgan fingerprint density at radius 3 is 2.50 bits per heavy atom. The molecule has 0 aliphatic carbocycles. The molecule has 0 fully saturated rings. The quantitative estimate of drug-likeness (QED) is 0.709. The fourth-order valence-electron chi connectivity index (χ4n) is 1.53. The summed E-state index contributed by atoms with van der Waals surface area (Å²) >= 11 is 1.12. The highest BCUT2D eigenvalue weighted by atomic mass is 32.2. The highest BCUT2D eigenvalue weighted by molar-refractivity contribution is 8.00. The van der Waals surface area contributed by atoms with Crippen molar-refractivity contribution in [2.75, 3.05) is 23.9 Å². The van der Waals surface area contributed by atoms with Crippen LogP contribution < -0.4 is 10.6 Å². The molecule has 0 unspecified atom stereocenters. The Labute approximate surface area is 132 Å². The van der Waals surface area contributed by atoms with E-state index in [1.54, 1.807) is 26.8 Å². The van der Waals surface area contributed by atoms with Crippen molar-refractivity contribution in [2.45, 2.75) is 26.3 Å². The molecule has 0 saturated carbocycles. The van der Waals surface area contributed by atoms with E-state index in [2.05, 4.69) is 20.5 Å². The molecule has 1 rings (SSSR count). The summed E-state index contributed by atoms with van der Waals surface area (Å²) in [6, 6.07) is 1.59. The van der Waals surface area contributed by atoms with Crippen LogP contribution in [-0.2, 0) is 19.1 Å². The van der Waals surface area contributed by atoms with Gasteiger partial charge < -0.3 is 19.9 Å². The average molecular weight is 329 g/mol. The summed E-state index contributed by atoms with van der Waals surface area (Å²) in [5.74, 6) is -0.135. The summed E-state index contributed by atoms with van der Waals surface area (Å²) in [6.07, 6.45) is 0. The summed E-state index contributed by atoms with van der Waals surface area (Å²) in [6.45, 7) is 4.80. The normalized spacial score (nSPS) is 10.9. The Kier molecular flexibility index (Phi) is 6.41. The number of methoxy groups -OCH3 is 1. The van der Waals surface area contributed by atoms with Gasteiger partial charge in [0.1, 0.15) is 11.3 Å². The van der Waals surface area contributed by atoms with E-state index in [0.717, 1.165) is 11.8 Å². The van der Waals surface area contributed by atoms with Crippen molar-refractivity contribution in [2.24, 2.45) is 0 Å². The number of anilines is 1. The molecule has 2 N–H and O–H groups in total. The first-order chi connectivity index (χ1) is 10.2. The summed E-state index contributed by atoms with van der Waals surface area (Å²) in [5, 5.41) is 8.71. The van der Waals surface area contributed by atoms with Crippen LogP contribution in [0.3, 0.4) is 0 Å². The zero-order valence-corrected chi connectivity index (χ0v) is 13.7. The molecule has 2 amide bonds. The Hall–Kier alpha value is -2.03. The highest BCUT2D eigenvalue weighted by Crippen LogP contribution is 2.09. The molecule has 122 valence electrons. The standard InChI is InChI=1S/C13H19N3O5S/c1-8-5-9(16-21-8)14-10(17)6-22-7-11(18)15-13(2,3)12(19)20-4/h5H,6-7H2,1-4H3,(H,15,18)(H,14,16,17). The van der Waals surface area contributed by atoms with Crippen molar-refractivity contribution >= 4 is 35.4 Å². The molecule has 0 aromatic carbocycles. The molecule has 8 nitrogen and oxygen atoms in total. The topological polar surface area (TPSA) is 111 Å². The van der Waals surface area contributed by atoms with Gasteiger partial charge in [-0.15, -0.1) is 11.8 Å². The lowest BCUT2D eigenvalue weighted by atomic mass is 10.1. The molecular weight excluding hydrogens is 310 g/mol. The number of ether oxygens (including phenoxy) is 1. The van der Waals surface area contributed by atoms with E-state index in [-0.39, 0.29) is 23.3 Å². The van der Waals surface area contributed by atoms with Gasteiger partial charge in [0.05, 0.1) is 18.6 Å². The van der Waals surface area contributed by atoms with Crippen LogP contribution in [-0.4, -0.2) is 47.1 Å². The SMILES string of the molecule is COC(=O)C(C)(C)NC(=O)CSCC(=O)Nc1cc(C)on1. The third kappa shape index (κ3) is 5.76. The third-order valence-electron chi connectivity index (χ3n) is 2.51. The fourth-order valence-corrected chi connectivity index (χ4v) is 2.15. The predicted molar refractivity (Wildman–Crippen MR) is 81.4 cm³/mol. The molecule has 0 aliphatic rings. The fraction of sp³-hybridized carbons (Fsp3) is 0.538. The van der Waals surface area contributed by atoms with Gasteiger partial charge in [-0.1, -0.05) is 5.16 Å². The molecule has 1 aromatic rings. The second kappa shape index (κ2) is 7.83. The summed E-state index contributed by atoms with van der Waals surface area (Å²) in [7, 11) is 1.25. The number of nitrogens with one attached hydrogen (secondary N) is 2. The van der Waals surface area contributed by atoms with E-state index in [1.165, 1.54) is 7.11 Å². The average Bonchev–Trinajstić information content (AvgIpc) is 2.82. The Morgan fingerprint density at radius 2 is 1.95 bits per heavy atom. The van der Waals surface area contributed by atoms with Gasteiger partial charge in [-0.2, -0.15) is 0 Å². The molecule has 0 radical (unpaired) electrons. The van der Waals surface area contributed by atoms with Crippen molar-refractivity contribution in [1.82, 2.24) is 10.5 Å². The largest absolute Gasteiger partial charge is 0.467 e. The highest BCUT2D eigenvalue weighted by Gasteiger charge is 2.30. The minimum absolute atomic E-state index is 0.0473. The molecule has 0 bridgehead atoms. The van der Waals surface area contributed by atoms with E-state index < -0.39 is 11.5 Å². The minimum Gasteiger partial charge on any atom is -0.467 e. The van der Waals surface area contributed by atoms with Crippen LogP contribution in [0.4, 0.5) is 5.82 Å². The lowest BCUT2D eigenvalue weighted by Gasteiger charge is -2.22. The maximum Gasteiger partial charge on any atom is 0.330 e. The van der Waals surface area contributed by atoms with Gasteiger partial charge in [0, 0.05) is 6.07 Å². The minimum atomic E-state index is -1.10. The monoisotopic (exact) mass is 329 g/mol. The van der Waals surface area contributed by atoms with E-state index in [4.69, 9.17) is 4.52 Å². The van der Waals surface area contributed by atoms with Crippen LogP contribution in [0, 0.1) is 6.92 Å². The second-order valence-corrected chi connectivity index (χ2v) is 6.01. The second-order valence-electron chi connectivity index (χ2n) is 5.03. The zero-order chi connectivity index (χ0) is 16.8. The number of carbonyl (C=O) groups excluding carboxylic acids is 3. The lowest BCUT2D eigenvalue weighted by molar-refractivity contribution is -0.149. The van der Waals surface area contributed by atoms with Crippen LogP contribution in [0.2, 0.25) is 0 Å². The maximum atomic E-state index is 11.7. The van der Waals surface area contributed by atoms with Crippen LogP contribution in [0.5, 0.6) is 0 Å². The first kappa shape index (κ1) is 18.0. The van der Waals surface area contributed by atoms with Crippen LogP contribution in [0.1, 0.15) is 19.6 Å². The molecule has 0 aliphatic heterocycles. The molecule has 1 aromatic heterocycles.